The number of para-hydroxylation sites is 4. The molecule has 5 rings (SSSR count). The number of aryl methyl sites for hydroxylation is 1. The molecule has 5 heteroatoms. The molecule has 0 bridgehead atoms. The molecule has 0 saturated carbocycles. The zero-order valence-electron chi connectivity index (χ0n) is 14.1. The van der Waals surface area contributed by atoms with E-state index in [9.17, 15) is 5.11 Å². The first-order valence-corrected chi connectivity index (χ1v) is 8.43. The highest BCUT2D eigenvalue weighted by Gasteiger charge is 2.17. The molecule has 0 saturated heterocycles. The summed E-state index contributed by atoms with van der Waals surface area (Å²) < 4.78 is 0. The zero-order valence-corrected chi connectivity index (χ0v) is 14.1. The molecule has 126 valence electrons. The van der Waals surface area contributed by atoms with Gasteiger partial charge in [-0.1, -0.05) is 24.3 Å². The number of nitrogens with one attached hydrogen (secondary N) is 2. The number of fused-ring (bicyclic) bond motifs is 2. The molecule has 2 heterocycles. The first-order chi connectivity index (χ1) is 12.7. The highest BCUT2D eigenvalue weighted by atomic mass is 16.3. The predicted molar refractivity (Wildman–Crippen MR) is 103 cm³/mol. The molecule has 0 unspecified atom stereocenters. The van der Waals surface area contributed by atoms with Crippen LogP contribution in [0.2, 0.25) is 0 Å². The quantitative estimate of drug-likeness (QED) is 0.432. The molecule has 5 aromatic rings. The Hall–Kier alpha value is -3.60. The van der Waals surface area contributed by atoms with Crippen molar-refractivity contribution < 1.29 is 5.11 Å². The van der Waals surface area contributed by atoms with Gasteiger partial charge in [-0.3, -0.25) is 0 Å². The van der Waals surface area contributed by atoms with Gasteiger partial charge in [0.05, 0.1) is 33.2 Å². The van der Waals surface area contributed by atoms with Gasteiger partial charge in [0.2, 0.25) is 0 Å². The van der Waals surface area contributed by atoms with Crippen LogP contribution >= 0.6 is 0 Å². The third-order valence-corrected chi connectivity index (χ3v) is 4.54. The van der Waals surface area contributed by atoms with E-state index in [-0.39, 0.29) is 5.75 Å². The molecule has 0 radical (unpaired) electrons. The predicted octanol–water partition coefficient (Wildman–Crippen LogP) is 4.79. The van der Waals surface area contributed by atoms with E-state index in [4.69, 9.17) is 0 Å². The largest absolute Gasteiger partial charge is 0.506 e. The summed E-state index contributed by atoms with van der Waals surface area (Å²) >= 11 is 0. The fraction of sp³-hybridized carbons (Fsp3) is 0.0476. The summed E-state index contributed by atoms with van der Waals surface area (Å²) in [6.45, 7) is 2.00. The van der Waals surface area contributed by atoms with E-state index < -0.39 is 0 Å². The minimum absolute atomic E-state index is 0.161. The Morgan fingerprint density at radius 2 is 1.19 bits per heavy atom. The number of phenolic OH excluding ortho intramolecular Hbond substituents is 1. The molecule has 3 aromatic carbocycles. The number of imidazole rings is 2. The van der Waals surface area contributed by atoms with Crippen molar-refractivity contribution in [3.8, 4) is 28.5 Å². The lowest BCUT2D eigenvalue weighted by atomic mass is 10.0. The zero-order chi connectivity index (χ0) is 17.7. The monoisotopic (exact) mass is 340 g/mol. The molecular weight excluding hydrogens is 324 g/mol. The normalized spacial score (nSPS) is 11.4. The Morgan fingerprint density at radius 3 is 1.65 bits per heavy atom. The van der Waals surface area contributed by atoms with Gasteiger partial charge in [0.15, 0.2) is 0 Å². The second-order valence-electron chi connectivity index (χ2n) is 6.41. The summed E-state index contributed by atoms with van der Waals surface area (Å²) in [4.78, 5) is 15.8. The number of rotatable bonds is 2. The van der Waals surface area contributed by atoms with Crippen LogP contribution < -0.4 is 0 Å². The first kappa shape index (κ1) is 14.7. The fourth-order valence-corrected chi connectivity index (χ4v) is 3.30. The fourth-order valence-electron chi connectivity index (χ4n) is 3.30. The number of hydrogen-bond donors (Lipinski definition) is 3. The van der Waals surface area contributed by atoms with Gasteiger partial charge in [-0.25, -0.2) is 9.97 Å². The third kappa shape index (κ3) is 2.25. The van der Waals surface area contributed by atoms with Crippen molar-refractivity contribution in [2.24, 2.45) is 0 Å². The van der Waals surface area contributed by atoms with Gasteiger partial charge in [0.25, 0.3) is 0 Å². The molecule has 0 amide bonds. The molecule has 0 aliphatic carbocycles. The second kappa shape index (κ2) is 5.46. The van der Waals surface area contributed by atoms with E-state index >= 15 is 0 Å². The Labute approximate surface area is 149 Å². The van der Waals surface area contributed by atoms with Gasteiger partial charge in [0, 0.05) is 0 Å². The van der Waals surface area contributed by atoms with Gasteiger partial charge in [0.1, 0.15) is 17.4 Å². The van der Waals surface area contributed by atoms with Gasteiger partial charge in [-0.15, -0.1) is 0 Å². The highest BCUT2D eigenvalue weighted by Crippen LogP contribution is 2.38. The summed E-state index contributed by atoms with van der Waals surface area (Å²) in [5.74, 6) is 1.45. The summed E-state index contributed by atoms with van der Waals surface area (Å²) in [6.07, 6.45) is 0. The summed E-state index contributed by atoms with van der Waals surface area (Å²) in [6, 6.07) is 19.5. The Balaban J connectivity index is 1.72. The maximum atomic E-state index is 11.0. The van der Waals surface area contributed by atoms with Crippen molar-refractivity contribution in [1.29, 1.82) is 0 Å². The molecule has 0 aliphatic heterocycles. The highest BCUT2D eigenvalue weighted by molar-refractivity contribution is 5.86. The van der Waals surface area contributed by atoms with Crippen molar-refractivity contribution >= 4 is 22.1 Å². The standard InChI is InChI=1S/C21H16N4O/c1-12-10-13(20-22-15-6-2-3-7-16(15)23-20)19(26)14(11-12)21-24-17-8-4-5-9-18(17)25-21/h2-11,26H,1H3,(H,22,23)(H,24,25). The average Bonchev–Trinajstić information content (AvgIpc) is 3.26. The van der Waals surface area contributed by atoms with E-state index in [1.807, 2.05) is 67.6 Å². The lowest BCUT2D eigenvalue weighted by Gasteiger charge is -2.08. The van der Waals surface area contributed by atoms with Crippen LogP contribution in [0.25, 0.3) is 44.8 Å². The summed E-state index contributed by atoms with van der Waals surface area (Å²) in [5, 5.41) is 11.0. The molecule has 0 fully saturated rings. The van der Waals surface area contributed by atoms with Gasteiger partial charge in [-0.2, -0.15) is 0 Å². The van der Waals surface area contributed by atoms with E-state index in [1.54, 1.807) is 0 Å². The van der Waals surface area contributed by atoms with E-state index in [0.29, 0.717) is 22.8 Å². The number of aromatic amines is 2. The summed E-state index contributed by atoms with van der Waals surface area (Å²) in [7, 11) is 0. The van der Waals surface area contributed by atoms with E-state index in [1.165, 1.54) is 0 Å². The number of aromatic hydroxyl groups is 1. The lowest BCUT2D eigenvalue weighted by Crippen LogP contribution is -1.89. The van der Waals surface area contributed by atoms with E-state index in [0.717, 1.165) is 27.6 Å². The van der Waals surface area contributed by atoms with Crippen LogP contribution in [0.1, 0.15) is 5.56 Å². The molecule has 2 aromatic heterocycles. The van der Waals surface area contributed by atoms with Crippen molar-refractivity contribution in [3.05, 3.63) is 66.2 Å². The Morgan fingerprint density at radius 1 is 0.731 bits per heavy atom. The van der Waals surface area contributed by atoms with Gasteiger partial charge >= 0.3 is 0 Å². The van der Waals surface area contributed by atoms with Crippen molar-refractivity contribution in [1.82, 2.24) is 19.9 Å². The molecule has 0 aliphatic rings. The topological polar surface area (TPSA) is 77.6 Å². The van der Waals surface area contributed by atoms with Crippen molar-refractivity contribution in [2.45, 2.75) is 6.92 Å². The molecule has 26 heavy (non-hydrogen) atoms. The number of H-pyrrole nitrogens is 2. The van der Waals surface area contributed by atoms with Gasteiger partial charge < -0.3 is 15.1 Å². The van der Waals surface area contributed by atoms with Crippen molar-refractivity contribution in [2.75, 3.05) is 0 Å². The number of phenols is 1. The SMILES string of the molecule is Cc1cc(-c2nc3ccccc3[nH]2)c(O)c(-c2nc3ccccc3[nH]2)c1. The van der Waals surface area contributed by atoms with Crippen LogP contribution in [0.3, 0.4) is 0 Å². The number of hydrogen-bond acceptors (Lipinski definition) is 3. The summed E-state index contributed by atoms with van der Waals surface area (Å²) in [5.41, 5.74) is 5.96. The smallest absolute Gasteiger partial charge is 0.142 e. The van der Waals surface area contributed by atoms with Crippen LogP contribution in [0, 0.1) is 6.92 Å². The Bertz CT molecular complexity index is 1100. The molecule has 0 spiro atoms. The van der Waals surface area contributed by atoms with Gasteiger partial charge in [-0.05, 0) is 48.9 Å². The first-order valence-electron chi connectivity index (χ1n) is 8.43. The molecule has 5 nitrogen and oxygen atoms in total. The van der Waals surface area contributed by atoms with Crippen LogP contribution in [0.5, 0.6) is 5.75 Å². The van der Waals surface area contributed by atoms with Crippen LogP contribution in [-0.2, 0) is 0 Å². The van der Waals surface area contributed by atoms with Crippen molar-refractivity contribution in [3.63, 3.8) is 0 Å². The maximum Gasteiger partial charge on any atom is 0.142 e. The lowest BCUT2D eigenvalue weighted by molar-refractivity contribution is 0.478. The third-order valence-electron chi connectivity index (χ3n) is 4.54. The molecular formula is C21H16N4O. The Kier molecular flexibility index (Phi) is 3.09. The maximum absolute atomic E-state index is 11.0. The van der Waals surface area contributed by atoms with Crippen LogP contribution in [0.15, 0.2) is 60.7 Å². The minimum atomic E-state index is 0.161. The average molecular weight is 340 g/mol. The number of benzene rings is 3. The number of aromatic nitrogens is 4. The molecule has 3 N–H and O–H groups in total. The second-order valence-corrected chi connectivity index (χ2v) is 6.41. The van der Waals surface area contributed by atoms with Crippen LogP contribution in [-0.4, -0.2) is 25.0 Å². The number of nitrogens with zero attached hydrogens (tertiary/aromatic N) is 2. The minimum Gasteiger partial charge on any atom is -0.506 e. The van der Waals surface area contributed by atoms with E-state index in [2.05, 4.69) is 19.9 Å². The van der Waals surface area contributed by atoms with Crippen LogP contribution in [0.4, 0.5) is 0 Å². The molecule has 0 atom stereocenters.